The van der Waals surface area contributed by atoms with Gasteiger partial charge in [-0.3, -0.25) is 19.8 Å². The Morgan fingerprint density at radius 2 is 1.92 bits per heavy atom. The second-order valence-corrected chi connectivity index (χ2v) is 6.29. The lowest BCUT2D eigenvalue weighted by atomic mass is 9.96. The van der Waals surface area contributed by atoms with Gasteiger partial charge in [-0.2, -0.15) is 0 Å². The van der Waals surface area contributed by atoms with Crippen LogP contribution in [0.15, 0.2) is 36.0 Å². The largest absolute Gasteiger partial charge is 0.461 e. The number of esters is 1. The number of hydrogen-bond donors (Lipinski definition) is 1. The van der Waals surface area contributed by atoms with Gasteiger partial charge < -0.3 is 4.74 Å². The van der Waals surface area contributed by atoms with Crippen molar-refractivity contribution in [1.29, 1.82) is 0 Å². The van der Waals surface area contributed by atoms with Crippen molar-refractivity contribution in [1.82, 2.24) is 10.4 Å². The molecule has 1 aromatic rings. The lowest BCUT2D eigenvalue weighted by molar-refractivity contribution is -0.144. The maximum absolute atomic E-state index is 13.1. The molecule has 1 aromatic carbocycles. The Morgan fingerprint density at radius 3 is 2.50 bits per heavy atom. The smallest absolute Gasteiger partial charge is 0.355 e. The molecule has 1 fully saturated rings. The third kappa shape index (κ3) is 2.72. The van der Waals surface area contributed by atoms with Crippen LogP contribution in [-0.4, -0.2) is 40.8 Å². The third-order valence-corrected chi connectivity index (χ3v) is 4.40. The minimum absolute atomic E-state index is 0.0545. The lowest BCUT2D eigenvalue weighted by Crippen LogP contribution is -2.56. The van der Waals surface area contributed by atoms with Gasteiger partial charge in [0.1, 0.15) is 5.70 Å². The highest BCUT2D eigenvalue weighted by Crippen LogP contribution is 2.38. The zero-order valence-electron chi connectivity index (χ0n) is 14.1. The van der Waals surface area contributed by atoms with Crippen LogP contribution in [-0.2, 0) is 23.9 Å². The number of amides is 3. The van der Waals surface area contributed by atoms with Crippen molar-refractivity contribution in [2.75, 3.05) is 11.5 Å². The summed E-state index contributed by atoms with van der Waals surface area (Å²) in [4.78, 5) is 50.7. The van der Waals surface area contributed by atoms with E-state index in [0.717, 1.165) is 9.91 Å². The number of anilines is 1. The van der Waals surface area contributed by atoms with Crippen LogP contribution in [0.5, 0.6) is 0 Å². The molecule has 136 valence electrons. The Kier molecular flexibility index (Phi) is 4.45. The first-order valence-corrected chi connectivity index (χ1v) is 8.28. The van der Waals surface area contributed by atoms with Gasteiger partial charge in [-0.15, -0.1) is 0 Å². The van der Waals surface area contributed by atoms with Crippen molar-refractivity contribution in [3.8, 4) is 0 Å². The van der Waals surface area contributed by atoms with Gasteiger partial charge in [-0.05, 0) is 37.3 Å². The van der Waals surface area contributed by atoms with E-state index < -0.39 is 29.2 Å². The molecule has 3 rings (SSSR count). The minimum Gasteiger partial charge on any atom is -0.461 e. The molecule has 0 aliphatic carbocycles. The van der Waals surface area contributed by atoms with Crippen LogP contribution in [0.25, 0.3) is 0 Å². The molecule has 8 nitrogen and oxygen atoms in total. The topological polar surface area (TPSA) is 96.0 Å². The van der Waals surface area contributed by atoms with Gasteiger partial charge in [0.2, 0.25) is 11.8 Å². The van der Waals surface area contributed by atoms with Gasteiger partial charge in [-0.25, -0.2) is 14.7 Å². The van der Waals surface area contributed by atoms with Gasteiger partial charge in [0.25, 0.3) is 5.91 Å². The molecule has 0 bridgehead atoms. The third-order valence-electron chi connectivity index (χ3n) is 4.15. The number of hydrazine groups is 1. The normalized spacial score (nSPS) is 21.9. The Balaban J connectivity index is 2.02. The SMILES string of the molecule is CCOC(=O)C1=C[C@@]2(CC(=O)N(c3ccc(Cl)cc3)C2=O)N(C(C)=O)N1. The Bertz CT molecular complexity index is 835. The summed E-state index contributed by atoms with van der Waals surface area (Å²) in [6, 6.07) is 6.18. The number of carbonyl (C=O) groups is 4. The van der Waals surface area contributed by atoms with E-state index in [1.807, 2.05) is 0 Å². The van der Waals surface area contributed by atoms with Crippen molar-refractivity contribution in [2.45, 2.75) is 25.8 Å². The van der Waals surface area contributed by atoms with Crippen molar-refractivity contribution in [2.24, 2.45) is 0 Å². The second-order valence-electron chi connectivity index (χ2n) is 5.86. The first kappa shape index (κ1) is 17.9. The van der Waals surface area contributed by atoms with E-state index in [9.17, 15) is 19.2 Å². The number of carbonyl (C=O) groups excluding carboxylic acids is 4. The molecule has 2 aliphatic heterocycles. The highest BCUT2D eigenvalue weighted by molar-refractivity contribution is 6.31. The summed E-state index contributed by atoms with van der Waals surface area (Å²) in [5, 5.41) is 1.45. The quantitative estimate of drug-likeness (QED) is 0.627. The number of benzene rings is 1. The molecule has 0 radical (unpaired) electrons. The fourth-order valence-corrected chi connectivity index (χ4v) is 3.19. The average Bonchev–Trinajstić information content (AvgIpc) is 3.08. The van der Waals surface area contributed by atoms with Crippen molar-refractivity contribution in [3.63, 3.8) is 0 Å². The molecule has 0 aromatic heterocycles. The molecule has 9 heteroatoms. The fraction of sp³-hybridized carbons (Fsp3) is 0.294. The Morgan fingerprint density at radius 1 is 1.27 bits per heavy atom. The van der Waals surface area contributed by atoms with Gasteiger partial charge in [0, 0.05) is 11.9 Å². The van der Waals surface area contributed by atoms with E-state index in [1.54, 1.807) is 19.1 Å². The number of rotatable bonds is 3. The van der Waals surface area contributed by atoms with Crippen molar-refractivity contribution in [3.05, 3.63) is 41.1 Å². The number of halogens is 1. The number of hydrogen-bond acceptors (Lipinski definition) is 6. The Labute approximate surface area is 154 Å². The number of ether oxygens (including phenoxy) is 1. The summed E-state index contributed by atoms with van der Waals surface area (Å²) >= 11 is 5.85. The molecular weight excluding hydrogens is 362 g/mol. The zero-order valence-corrected chi connectivity index (χ0v) is 14.9. The molecule has 1 N–H and O–H groups in total. The predicted octanol–water partition coefficient (Wildman–Crippen LogP) is 1.16. The summed E-state index contributed by atoms with van der Waals surface area (Å²) in [5.41, 5.74) is 1.26. The summed E-state index contributed by atoms with van der Waals surface area (Å²) in [6.45, 7) is 3.01. The van der Waals surface area contributed by atoms with Crippen molar-refractivity contribution >= 4 is 41.0 Å². The monoisotopic (exact) mass is 377 g/mol. The van der Waals surface area contributed by atoms with E-state index in [-0.39, 0.29) is 18.7 Å². The van der Waals surface area contributed by atoms with E-state index in [4.69, 9.17) is 16.3 Å². The van der Waals surface area contributed by atoms with Crippen molar-refractivity contribution < 1.29 is 23.9 Å². The van der Waals surface area contributed by atoms with Crippen LogP contribution in [0.2, 0.25) is 5.02 Å². The molecular formula is C17H16ClN3O5. The molecule has 1 atom stereocenters. The van der Waals surface area contributed by atoms with Crippen LogP contribution >= 0.6 is 11.6 Å². The van der Waals surface area contributed by atoms with E-state index in [2.05, 4.69) is 5.43 Å². The average molecular weight is 378 g/mol. The maximum atomic E-state index is 13.1. The molecule has 2 aliphatic rings. The zero-order chi connectivity index (χ0) is 19.1. The van der Waals surface area contributed by atoms with Gasteiger partial charge in [0.05, 0.1) is 18.7 Å². The Hall–Kier alpha value is -2.87. The second kappa shape index (κ2) is 6.45. The van der Waals surface area contributed by atoms with E-state index in [1.165, 1.54) is 25.1 Å². The van der Waals surface area contributed by atoms with Crippen LogP contribution in [0.1, 0.15) is 20.3 Å². The first-order chi connectivity index (χ1) is 12.3. The number of imide groups is 1. The molecule has 26 heavy (non-hydrogen) atoms. The summed E-state index contributed by atoms with van der Waals surface area (Å²) in [6.07, 6.45) is 0.993. The van der Waals surface area contributed by atoms with E-state index in [0.29, 0.717) is 10.7 Å². The summed E-state index contributed by atoms with van der Waals surface area (Å²) in [5.74, 6) is -2.35. The number of nitrogens with one attached hydrogen (secondary N) is 1. The van der Waals surface area contributed by atoms with Crippen LogP contribution in [0.3, 0.4) is 0 Å². The number of nitrogens with zero attached hydrogens (tertiary/aromatic N) is 2. The predicted molar refractivity (Wildman–Crippen MR) is 91.7 cm³/mol. The summed E-state index contributed by atoms with van der Waals surface area (Å²) in [7, 11) is 0. The van der Waals surface area contributed by atoms with Crippen LogP contribution in [0.4, 0.5) is 5.69 Å². The molecule has 0 unspecified atom stereocenters. The molecule has 1 saturated heterocycles. The molecule has 2 heterocycles. The molecule has 3 amide bonds. The molecule has 1 spiro atoms. The summed E-state index contributed by atoms with van der Waals surface area (Å²) < 4.78 is 4.91. The highest BCUT2D eigenvalue weighted by atomic mass is 35.5. The van der Waals surface area contributed by atoms with Crippen LogP contribution in [0, 0.1) is 0 Å². The van der Waals surface area contributed by atoms with Gasteiger partial charge in [-0.1, -0.05) is 11.6 Å². The standard InChI is InChI=1S/C17H16ClN3O5/c1-3-26-15(24)13-8-17(21(19-13)10(2)22)9-14(23)20(16(17)25)12-6-4-11(18)5-7-12/h4-8,19H,3,9H2,1-2H3/t17-/m0/s1. The molecule has 0 saturated carbocycles. The lowest BCUT2D eigenvalue weighted by Gasteiger charge is -2.30. The highest BCUT2D eigenvalue weighted by Gasteiger charge is 2.59. The maximum Gasteiger partial charge on any atom is 0.355 e. The first-order valence-electron chi connectivity index (χ1n) is 7.90. The van der Waals surface area contributed by atoms with Crippen LogP contribution < -0.4 is 10.3 Å². The van der Waals surface area contributed by atoms with E-state index >= 15 is 0 Å². The van der Waals surface area contributed by atoms with Gasteiger partial charge >= 0.3 is 5.97 Å². The van der Waals surface area contributed by atoms with Gasteiger partial charge in [0.15, 0.2) is 5.54 Å². The minimum atomic E-state index is -1.61. The fourth-order valence-electron chi connectivity index (χ4n) is 3.06.